The van der Waals surface area contributed by atoms with E-state index in [2.05, 4.69) is 255 Å². The molecule has 0 atom stereocenters. The summed E-state index contributed by atoms with van der Waals surface area (Å²) < 4.78 is 0. The van der Waals surface area contributed by atoms with Crippen molar-refractivity contribution < 1.29 is 0 Å². The summed E-state index contributed by atoms with van der Waals surface area (Å²) in [6.07, 6.45) is 0. The van der Waals surface area contributed by atoms with Crippen molar-refractivity contribution >= 4 is 17.1 Å². The van der Waals surface area contributed by atoms with Crippen molar-refractivity contribution in [2.75, 3.05) is 4.90 Å². The molecule has 4 aliphatic rings. The van der Waals surface area contributed by atoms with Crippen LogP contribution in [0.1, 0.15) is 69.5 Å². The van der Waals surface area contributed by atoms with E-state index in [-0.39, 0.29) is 5.41 Å². The Morgan fingerprint density at radius 1 is 0.273 bits per heavy atom. The molecule has 0 amide bonds. The molecule has 0 fully saturated rings. The first-order valence-corrected chi connectivity index (χ1v) is 23.4. The Morgan fingerprint density at radius 2 is 0.667 bits per heavy atom. The van der Waals surface area contributed by atoms with Crippen LogP contribution in [-0.4, -0.2) is 0 Å². The van der Waals surface area contributed by atoms with Gasteiger partial charge in [-0.1, -0.05) is 226 Å². The van der Waals surface area contributed by atoms with E-state index < -0.39 is 10.8 Å². The van der Waals surface area contributed by atoms with Gasteiger partial charge in [0.25, 0.3) is 0 Å². The van der Waals surface area contributed by atoms with E-state index in [1.807, 2.05) is 0 Å². The molecule has 1 nitrogen and oxygen atoms in total. The zero-order chi connectivity index (χ0) is 43.8. The van der Waals surface area contributed by atoms with Crippen LogP contribution in [0.5, 0.6) is 0 Å². The van der Waals surface area contributed by atoms with Gasteiger partial charge in [0.1, 0.15) is 0 Å². The second-order valence-corrected chi connectivity index (χ2v) is 19.0. The summed E-state index contributed by atoms with van der Waals surface area (Å²) in [5, 5.41) is 0. The lowest BCUT2D eigenvalue weighted by molar-refractivity contribution is 0.633. The third-order valence-electron chi connectivity index (χ3n) is 15.8. The Hall–Kier alpha value is -8.00. The highest BCUT2D eigenvalue weighted by molar-refractivity contribution is 6.01. The van der Waals surface area contributed by atoms with E-state index >= 15 is 0 Å². The maximum atomic E-state index is 2.57. The van der Waals surface area contributed by atoms with Gasteiger partial charge in [-0.15, -0.1) is 0 Å². The molecule has 10 aromatic carbocycles. The van der Waals surface area contributed by atoms with Gasteiger partial charge in [0.2, 0.25) is 0 Å². The van der Waals surface area contributed by atoms with Crippen LogP contribution in [-0.2, 0) is 16.2 Å². The van der Waals surface area contributed by atoms with E-state index in [4.69, 9.17) is 0 Å². The first-order chi connectivity index (χ1) is 32.5. The number of benzene rings is 10. The second kappa shape index (κ2) is 13.5. The summed E-state index contributed by atoms with van der Waals surface area (Å²) in [6, 6.07) is 89.6. The Morgan fingerprint density at radius 3 is 1.26 bits per heavy atom. The van der Waals surface area contributed by atoms with Gasteiger partial charge >= 0.3 is 0 Å². The van der Waals surface area contributed by atoms with Crippen molar-refractivity contribution in [3.63, 3.8) is 0 Å². The van der Waals surface area contributed by atoms with Crippen LogP contribution in [0.3, 0.4) is 0 Å². The molecule has 0 heterocycles. The monoisotopic (exact) mass is 839 g/mol. The van der Waals surface area contributed by atoms with Crippen LogP contribution < -0.4 is 4.90 Å². The fourth-order valence-electron chi connectivity index (χ4n) is 13.2. The van der Waals surface area contributed by atoms with E-state index in [1.165, 1.54) is 106 Å². The fourth-order valence-corrected chi connectivity index (χ4v) is 13.2. The van der Waals surface area contributed by atoms with Gasteiger partial charge < -0.3 is 4.90 Å². The van der Waals surface area contributed by atoms with Crippen LogP contribution in [0.15, 0.2) is 237 Å². The van der Waals surface area contributed by atoms with Gasteiger partial charge in [-0.25, -0.2) is 0 Å². The average Bonchev–Trinajstić information content (AvgIpc) is 3.94. The van der Waals surface area contributed by atoms with Crippen molar-refractivity contribution in [1.82, 2.24) is 0 Å². The quantitative estimate of drug-likeness (QED) is 0.171. The van der Waals surface area contributed by atoms with Crippen LogP contribution in [0, 0.1) is 0 Å². The van der Waals surface area contributed by atoms with Gasteiger partial charge in [-0.3, -0.25) is 0 Å². The van der Waals surface area contributed by atoms with Crippen LogP contribution in [0.4, 0.5) is 17.1 Å². The van der Waals surface area contributed by atoms with Gasteiger partial charge in [-0.2, -0.15) is 0 Å². The number of nitrogens with zero attached hydrogens (tertiary/aromatic N) is 1. The Labute approximate surface area is 387 Å². The minimum atomic E-state index is -0.598. The summed E-state index contributed by atoms with van der Waals surface area (Å²) >= 11 is 0. The number of para-hydroxylation sites is 1. The molecular formula is C65H45N. The minimum absolute atomic E-state index is 0.162. The molecule has 0 unspecified atom stereocenters. The van der Waals surface area contributed by atoms with Crippen molar-refractivity contribution in [2.24, 2.45) is 0 Å². The molecular weight excluding hydrogens is 795 g/mol. The van der Waals surface area contributed by atoms with Gasteiger partial charge in [-0.05, 0) is 113 Å². The first-order valence-electron chi connectivity index (χ1n) is 23.4. The lowest BCUT2D eigenvalue weighted by Crippen LogP contribution is -2.43. The van der Waals surface area contributed by atoms with E-state index in [0.717, 1.165) is 11.4 Å². The van der Waals surface area contributed by atoms with Gasteiger partial charge in [0, 0.05) is 22.2 Å². The third-order valence-corrected chi connectivity index (χ3v) is 15.8. The molecule has 310 valence electrons. The summed E-state index contributed by atoms with van der Waals surface area (Å²) in [4.78, 5) is 2.57. The molecule has 0 bridgehead atoms. The van der Waals surface area contributed by atoms with Crippen LogP contribution >= 0.6 is 0 Å². The molecule has 0 saturated heterocycles. The Balaban J connectivity index is 1.09. The Kier molecular flexibility index (Phi) is 7.66. The number of hydrogen-bond donors (Lipinski definition) is 0. The molecule has 4 aliphatic carbocycles. The first kappa shape index (κ1) is 37.4. The topological polar surface area (TPSA) is 3.24 Å². The van der Waals surface area contributed by atoms with Crippen molar-refractivity contribution in [3.8, 4) is 44.5 Å². The molecule has 1 heteroatoms. The van der Waals surface area contributed by atoms with Crippen molar-refractivity contribution in [3.05, 3.63) is 292 Å². The lowest BCUT2D eigenvalue weighted by atomic mass is 9.52. The molecule has 0 N–H and O–H groups in total. The Bertz CT molecular complexity index is 3550. The molecule has 10 aromatic rings. The summed E-state index contributed by atoms with van der Waals surface area (Å²) in [5.74, 6) is 0. The van der Waals surface area contributed by atoms with Crippen LogP contribution in [0.25, 0.3) is 44.5 Å². The molecule has 0 aliphatic heterocycles. The van der Waals surface area contributed by atoms with E-state index in [0.29, 0.717) is 0 Å². The van der Waals surface area contributed by atoms with E-state index in [9.17, 15) is 0 Å². The summed E-state index contributed by atoms with van der Waals surface area (Å²) in [6.45, 7) is 4.77. The lowest BCUT2D eigenvalue weighted by Gasteiger charge is -2.48. The molecule has 66 heavy (non-hydrogen) atoms. The number of anilines is 3. The minimum Gasteiger partial charge on any atom is -0.309 e. The van der Waals surface area contributed by atoms with Crippen molar-refractivity contribution in [2.45, 2.75) is 30.1 Å². The zero-order valence-corrected chi connectivity index (χ0v) is 37.0. The fraction of sp³-hybridized carbons (Fsp3) is 0.0769. The molecule has 0 saturated carbocycles. The SMILES string of the molecule is CC1(C)c2ccccc2-c2ccc(N(c3ccccc3-c3ccccc3)c3cccc4c3-c3ccccc3C43c4ccccc4C4(c5ccccc5-c5ccccc54)c4ccccc43)cc21. The third kappa shape index (κ3) is 4.60. The molecule has 0 aromatic heterocycles. The summed E-state index contributed by atoms with van der Waals surface area (Å²) in [5.41, 5.74) is 25.9. The molecule has 0 radical (unpaired) electrons. The maximum absolute atomic E-state index is 2.57. The normalized spacial score (nSPS) is 15.2. The zero-order valence-electron chi connectivity index (χ0n) is 37.0. The van der Waals surface area contributed by atoms with Crippen LogP contribution in [0.2, 0.25) is 0 Å². The van der Waals surface area contributed by atoms with Gasteiger partial charge in [0.05, 0.1) is 22.2 Å². The van der Waals surface area contributed by atoms with Gasteiger partial charge in [0.15, 0.2) is 0 Å². The second-order valence-electron chi connectivity index (χ2n) is 19.0. The number of fused-ring (bicyclic) bond motifs is 19. The van der Waals surface area contributed by atoms with E-state index in [1.54, 1.807) is 0 Å². The maximum Gasteiger partial charge on any atom is 0.0720 e. The number of hydrogen-bond acceptors (Lipinski definition) is 1. The molecule has 14 rings (SSSR count). The number of rotatable bonds is 4. The van der Waals surface area contributed by atoms with Crippen molar-refractivity contribution in [1.29, 1.82) is 0 Å². The predicted molar refractivity (Wildman–Crippen MR) is 272 cm³/mol. The largest absolute Gasteiger partial charge is 0.309 e. The average molecular weight is 840 g/mol. The smallest absolute Gasteiger partial charge is 0.0720 e. The highest BCUT2D eigenvalue weighted by atomic mass is 15.1. The predicted octanol–water partition coefficient (Wildman–Crippen LogP) is 16.2. The summed E-state index contributed by atoms with van der Waals surface area (Å²) in [7, 11) is 0. The highest BCUT2D eigenvalue weighted by Gasteiger charge is 2.59. The molecule has 2 spiro atoms. The standard InChI is InChI=1S/C65H45N/c1-63(2)50-28-11-6-24-45(50)48-40-39-43(41-59(48)63)66(60-37-19-10-23-44(60)42-21-4-3-5-22-42)61-38-20-36-58-62(61)49-27-9-14-31-53(49)65(58)56-34-17-15-32-54(56)64(55-33-16-18-35-57(55)65)51-29-12-7-25-46(51)47-26-8-13-30-52(47)64/h3-41H,1-2H3. The highest BCUT2D eigenvalue weighted by Crippen LogP contribution is 2.68.